The lowest BCUT2D eigenvalue weighted by molar-refractivity contribution is -0.0486. The van der Waals surface area contributed by atoms with E-state index in [1.807, 2.05) is 6.92 Å². The summed E-state index contributed by atoms with van der Waals surface area (Å²) < 4.78 is 7.26. The van der Waals surface area contributed by atoms with Gasteiger partial charge in [-0.2, -0.15) is 0 Å². The zero-order valence-electron chi connectivity index (χ0n) is 9.89. The van der Waals surface area contributed by atoms with E-state index in [0.717, 1.165) is 5.69 Å². The number of hydrogen-bond donors (Lipinski definition) is 2. The van der Waals surface area contributed by atoms with E-state index >= 15 is 0 Å². The number of ether oxygens (including phenoxy) is 1. The van der Waals surface area contributed by atoms with Crippen molar-refractivity contribution in [3.63, 3.8) is 0 Å². The van der Waals surface area contributed by atoms with Crippen LogP contribution in [0, 0.1) is 6.92 Å². The van der Waals surface area contributed by atoms with Gasteiger partial charge in [0.25, 0.3) is 0 Å². The van der Waals surface area contributed by atoms with Crippen LogP contribution in [0.3, 0.4) is 0 Å². The van der Waals surface area contributed by atoms with Gasteiger partial charge in [0, 0.05) is 6.42 Å². The standard InChI is InChI=1S/C11H14N4O3/c1-6-9-10(13-4-12-6)15(5-14-9)11-8(17)2-7(3-16)18-11/h4-5,7-8,11,16-17H,2-3H2,1H3/t7-,8+,11+/m0/s1. The van der Waals surface area contributed by atoms with E-state index in [1.165, 1.54) is 6.33 Å². The van der Waals surface area contributed by atoms with Gasteiger partial charge in [0.05, 0.1) is 24.7 Å². The molecule has 3 atom stereocenters. The Morgan fingerprint density at radius 3 is 3.00 bits per heavy atom. The Morgan fingerprint density at radius 1 is 1.44 bits per heavy atom. The smallest absolute Gasteiger partial charge is 0.165 e. The van der Waals surface area contributed by atoms with Gasteiger partial charge >= 0.3 is 0 Å². The van der Waals surface area contributed by atoms with Crippen molar-refractivity contribution in [2.45, 2.75) is 31.8 Å². The van der Waals surface area contributed by atoms with Gasteiger partial charge in [-0.15, -0.1) is 0 Å². The van der Waals surface area contributed by atoms with Crippen LogP contribution in [0.15, 0.2) is 12.7 Å². The highest BCUT2D eigenvalue weighted by atomic mass is 16.5. The molecule has 0 aliphatic carbocycles. The molecule has 0 amide bonds. The summed E-state index contributed by atoms with van der Waals surface area (Å²) in [5.74, 6) is 0. The molecule has 0 spiro atoms. The molecule has 3 rings (SSSR count). The van der Waals surface area contributed by atoms with Crippen molar-refractivity contribution in [3.05, 3.63) is 18.3 Å². The van der Waals surface area contributed by atoms with Crippen molar-refractivity contribution in [3.8, 4) is 0 Å². The summed E-state index contributed by atoms with van der Waals surface area (Å²) in [7, 11) is 0. The molecule has 1 aliphatic rings. The van der Waals surface area contributed by atoms with Crippen LogP contribution in [0.1, 0.15) is 18.3 Å². The van der Waals surface area contributed by atoms with Gasteiger partial charge in [-0.25, -0.2) is 15.0 Å². The third kappa shape index (κ3) is 1.67. The first-order valence-corrected chi connectivity index (χ1v) is 5.79. The Hall–Kier alpha value is -1.57. The first-order valence-electron chi connectivity index (χ1n) is 5.79. The van der Waals surface area contributed by atoms with Crippen molar-refractivity contribution < 1.29 is 14.9 Å². The predicted octanol–water partition coefficient (Wildman–Crippen LogP) is -0.225. The van der Waals surface area contributed by atoms with Crippen molar-refractivity contribution in [1.29, 1.82) is 0 Å². The minimum absolute atomic E-state index is 0.103. The summed E-state index contributed by atoms with van der Waals surface area (Å²) in [5, 5.41) is 19.0. The van der Waals surface area contributed by atoms with Crippen LogP contribution in [0.25, 0.3) is 11.2 Å². The molecular formula is C11H14N4O3. The van der Waals surface area contributed by atoms with Crippen LogP contribution in [-0.4, -0.2) is 48.5 Å². The normalized spacial score (nSPS) is 28.1. The molecule has 18 heavy (non-hydrogen) atoms. The van der Waals surface area contributed by atoms with E-state index in [2.05, 4.69) is 15.0 Å². The van der Waals surface area contributed by atoms with Crippen molar-refractivity contribution >= 4 is 11.2 Å². The number of aryl methyl sites for hydroxylation is 1. The number of aliphatic hydroxyl groups excluding tert-OH is 2. The Bertz CT molecular complexity index is 570. The van der Waals surface area contributed by atoms with Crippen LogP contribution >= 0.6 is 0 Å². The van der Waals surface area contributed by atoms with Crippen LogP contribution in [-0.2, 0) is 4.74 Å². The molecule has 1 fully saturated rings. The van der Waals surface area contributed by atoms with E-state index in [-0.39, 0.29) is 12.7 Å². The predicted molar refractivity (Wildman–Crippen MR) is 61.7 cm³/mol. The summed E-state index contributed by atoms with van der Waals surface area (Å²) in [5.41, 5.74) is 2.11. The van der Waals surface area contributed by atoms with Gasteiger partial charge < -0.3 is 14.9 Å². The quantitative estimate of drug-likeness (QED) is 0.765. The van der Waals surface area contributed by atoms with Gasteiger partial charge in [-0.3, -0.25) is 4.57 Å². The maximum absolute atomic E-state index is 9.96. The minimum Gasteiger partial charge on any atom is -0.394 e. The summed E-state index contributed by atoms with van der Waals surface area (Å²) in [6, 6.07) is 0. The molecule has 2 N–H and O–H groups in total. The first kappa shape index (κ1) is 11.5. The lowest BCUT2D eigenvalue weighted by atomic mass is 10.2. The van der Waals surface area contributed by atoms with Crippen LogP contribution in [0.4, 0.5) is 0 Å². The van der Waals surface area contributed by atoms with Gasteiger partial charge in [-0.05, 0) is 6.92 Å². The number of aliphatic hydroxyl groups is 2. The SMILES string of the molecule is Cc1ncnc2c1ncn2[C@@H]1O[C@H](CO)C[C@H]1O. The second kappa shape index (κ2) is 4.27. The molecule has 0 saturated carbocycles. The van der Waals surface area contributed by atoms with E-state index in [1.54, 1.807) is 10.9 Å². The fraction of sp³-hybridized carbons (Fsp3) is 0.545. The van der Waals surface area contributed by atoms with Gasteiger partial charge in [0.1, 0.15) is 17.9 Å². The maximum atomic E-state index is 9.96. The van der Waals surface area contributed by atoms with Gasteiger partial charge in [0.2, 0.25) is 0 Å². The van der Waals surface area contributed by atoms with E-state index in [0.29, 0.717) is 17.6 Å². The molecule has 2 aromatic rings. The second-order valence-electron chi connectivity index (χ2n) is 4.42. The van der Waals surface area contributed by atoms with Crippen LogP contribution in [0.5, 0.6) is 0 Å². The number of aromatic nitrogens is 4. The average Bonchev–Trinajstić information content (AvgIpc) is 2.93. The van der Waals surface area contributed by atoms with Crippen molar-refractivity contribution in [2.75, 3.05) is 6.61 Å². The van der Waals surface area contributed by atoms with Crippen LogP contribution in [0.2, 0.25) is 0 Å². The first-order chi connectivity index (χ1) is 8.70. The fourth-order valence-electron chi connectivity index (χ4n) is 2.25. The van der Waals surface area contributed by atoms with Gasteiger partial charge in [0.15, 0.2) is 11.9 Å². The lowest BCUT2D eigenvalue weighted by Gasteiger charge is -2.16. The Kier molecular flexibility index (Phi) is 2.73. The Labute approximate surface area is 103 Å². The van der Waals surface area contributed by atoms with E-state index in [4.69, 9.17) is 9.84 Å². The zero-order chi connectivity index (χ0) is 12.7. The molecule has 0 aromatic carbocycles. The topological polar surface area (TPSA) is 93.3 Å². The highest BCUT2D eigenvalue weighted by molar-refractivity contribution is 5.72. The molecule has 0 radical (unpaired) electrons. The highest BCUT2D eigenvalue weighted by Gasteiger charge is 2.35. The third-order valence-corrected chi connectivity index (χ3v) is 3.18. The number of imidazole rings is 1. The summed E-state index contributed by atoms with van der Waals surface area (Å²) >= 11 is 0. The monoisotopic (exact) mass is 250 g/mol. The molecule has 96 valence electrons. The van der Waals surface area contributed by atoms with Crippen molar-refractivity contribution in [2.24, 2.45) is 0 Å². The summed E-state index contributed by atoms with van der Waals surface area (Å²) in [6.07, 6.45) is 1.88. The summed E-state index contributed by atoms with van der Waals surface area (Å²) in [4.78, 5) is 12.5. The molecular weight excluding hydrogens is 236 g/mol. The average molecular weight is 250 g/mol. The molecule has 7 heteroatoms. The number of rotatable bonds is 2. The molecule has 1 saturated heterocycles. The van der Waals surface area contributed by atoms with Gasteiger partial charge in [-0.1, -0.05) is 0 Å². The minimum atomic E-state index is -0.671. The lowest BCUT2D eigenvalue weighted by Crippen LogP contribution is -2.19. The molecule has 3 heterocycles. The maximum Gasteiger partial charge on any atom is 0.165 e. The molecule has 0 bridgehead atoms. The number of nitrogens with zero attached hydrogens (tertiary/aromatic N) is 4. The fourth-order valence-corrected chi connectivity index (χ4v) is 2.25. The van der Waals surface area contributed by atoms with Crippen LogP contribution < -0.4 is 0 Å². The van der Waals surface area contributed by atoms with E-state index in [9.17, 15) is 5.11 Å². The Balaban J connectivity index is 2.02. The number of hydrogen-bond acceptors (Lipinski definition) is 6. The number of fused-ring (bicyclic) bond motifs is 1. The highest BCUT2D eigenvalue weighted by Crippen LogP contribution is 2.30. The van der Waals surface area contributed by atoms with E-state index < -0.39 is 12.3 Å². The second-order valence-corrected chi connectivity index (χ2v) is 4.42. The third-order valence-electron chi connectivity index (χ3n) is 3.18. The molecule has 7 nitrogen and oxygen atoms in total. The zero-order valence-corrected chi connectivity index (χ0v) is 9.89. The van der Waals surface area contributed by atoms with Crippen molar-refractivity contribution in [1.82, 2.24) is 19.5 Å². The largest absolute Gasteiger partial charge is 0.394 e. The molecule has 1 aliphatic heterocycles. The Morgan fingerprint density at radius 2 is 2.28 bits per heavy atom. The molecule has 0 unspecified atom stereocenters. The molecule has 2 aromatic heterocycles. The summed E-state index contributed by atoms with van der Waals surface area (Å²) in [6.45, 7) is 1.75.